The summed E-state index contributed by atoms with van der Waals surface area (Å²) >= 11 is 23.8. The van der Waals surface area contributed by atoms with Crippen molar-refractivity contribution in [3.05, 3.63) is 100 Å². The highest BCUT2D eigenvalue weighted by Gasteiger charge is 2.10. The number of hydrogen-bond acceptors (Lipinski definition) is 6. The molecule has 0 saturated heterocycles. The SMILES string of the molecule is CCc1cc(OCC=C(Br)Br)cc(F)c1NC.CCc1cc(OCC=C(Cl)Cl)cc(F)c1NC.CNc1c(C)cc(OCC=C(Br)Br)cc1F. The molecule has 0 aromatic heterocycles. The van der Waals surface area contributed by atoms with Crippen molar-refractivity contribution in [3.8, 4) is 17.2 Å². The fourth-order valence-corrected chi connectivity index (χ4v) is 4.93. The van der Waals surface area contributed by atoms with Crippen molar-refractivity contribution in [2.45, 2.75) is 33.6 Å². The Morgan fingerprint density at radius 1 is 0.600 bits per heavy atom. The van der Waals surface area contributed by atoms with Gasteiger partial charge >= 0.3 is 0 Å². The molecule has 0 spiro atoms. The monoisotopic (exact) mass is 993 g/mol. The van der Waals surface area contributed by atoms with Crippen LogP contribution < -0.4 is 30.2 Å². The van der Waals surface area contributed by atoms with Crippen LogP contribution in [-0.4, -0.2) is 41.0 Å². The highest BCUT2D eigenvalue weighted by molar-refractivity contribution is 9.28. The van der Waals surface area contributed by atoms with Gasteiger partial charge in [-0.25, -0.2) is 13.2 Å². The predicted molar refractivity (Wildman–Crippen MR) is 219 cm³/mol. The first-order valence-electron chi connectivity index (χ1n) is 15.1. The standard InChI is InChI=1S/C12H14Br2FNO.C12H14Cl2FNO.C11H12Br2FNO/c2*1-3-8-6-9(17-5-4-11(13)14)7-10(15)12(8)16-2;1-7-5-8(16-4-3-10(12)13)6-9(14)11(7)15-2/h2*4,6-7,16H,3,5H2,1-2H3;3,5-6,15H,4H2,1-2H3. The van der Waals surface area contributed by atoms with Crippen LogP contribution in [0.4, 0.5) is 30.2 Å². The maximum atomic E-state index is 13.7. The van der Waals surface area contributed by atoms with Gasteiger partial charge < -0.3 is 30.2 Å². The molecule has 50 heavy (non-hydrogen) atoms. The number of hydrogen-bond donors (Lipinski definition) is 3. The first-order chi connectivity index (χ1) is 23.7. The van der Waals surface area contributed by atoms with E-state index in [4.69, 9.17) is 37.4 Å². The number of nitrogens with one attached hydrogen (secondary N) is 3. The van der Waals surface area contributed by atoms with Crippen LogP contribution in [0.1, 0.15) is 30.5 Å². The molecule has 6 nitrogen and oxygen atoms in total. The minimum Gasteiger partial charge on any atom is -0.489 e. The molecular formula is C35H40Br4Cl2F3N3O3. The molecule has 3 N–H and O–H groups in total. The number of ether oxygens (including phenoxy) is 3. The second kappa shape index (κ2) is 25.0. The van der Waals surface area contributed by atoms with Crippen LogP contribution in [0.15, 0.2) is 65.9 Å². The van der Waals surface area contributed by atoms with Gasteiger partial charge in [0.05, 0.1) is 23.8 Å². The van der Waals surface area contributed by atoms with Gasteiger partial charge in [-0.15, -0.1) is 0 Å². The fourth-order valence-electron chi connectivity index (χ4n) is 4.27. The Kier molecular flexibility index (Phi) is 23.0. The minimum absolute atomic E-state index is 0.132. The van der Waals surface area contributed by atoms with Gasteiger partial charge in [0.15, 0.2) is 0 Å². The Hall–Kier alpha value is -2.03. The molecule has 3 aromatic carbocycles. The van der Waals surface area contributed by atoms with E-state index in [-0.39, 0.29) is 28.6 Å². The van der Waals surface area contributed by atoms with Gasteiger partial charge in [0.2, 0.25) is 0 Å². The molecule has 0 radical (unpaired) electrons. The van der Waals surface area contributed by atoms with Crippen LogP contribution in [0.2, 0.25) is 0 Å². The maximum absolute atomic E-state index is 13.7. The molecule has 0 fully saturated rings. The molecule has 276 valence electrons. The summed E-state index contributed by atoms with van der Waals surface area (Å²) in [5.41, 5.74) is 4.14. The van der Waals surface area contributed by atoms with E-state index in [0.717, 1.165) is 36.3 Å². The van der Waals surface area contributed by atoms with Crippen molar-refractivity contribution in [2.75, 3.05) is 56.9 Å². The molecule has 0 aliphatic heterocycles. The molecule has 0 aliphatic carbocycles. The molecule has 0 bridgehead atoms. The van der Waals surface area contributed by atoms with Crippen molar-refractivity contribution < 1.29 is 27.4 Å². The van der Waals surface area contributed by atoms with E-state index in [1.54, 1.807) is 45.4 Å². The van der Waals surface area contributed by atoms with Gasteiger partial charge in [-0.2, -0.15) is 0 Å². The number of benzene rings is 3. The molecule has 0 heterocycles. The van der Waals surface area contributed by atoms with E-state index in [9.17, 15) is 13.2 Å². The summed E-state index contributed by atoms with van der Waals surface area (Å²) in [7, 11) is 5.09. The molecule has 0 amide bonds. The Morgan fingerprint density at radius 3 is 1.24 bits per heavy atom. The third kappa shape index (κ3) is 17.0. The average molecular weight is 998 g/mol. The lowest BCUT2D eigenvalue weighted by Crippen LogP contribution is -2.01. The van der Waals surface area contributed by atoms with Crippen LogP contribution in [0.25, 0.3) is 0 Å². The van der Waals surface area contributed by atoms with Crippen LogP contribution in [0.5, 0.6) is 17.2 Å². The van der Waals surface area contributed by atoms with Crippen molar-refractivity contribution in [1.82, 2.24) is 0 Å². The summed E-state index contributed by atoms with van der Waals surface area (Å²) in [6, 6.07) is 9.54. The van der Waals surface area contributed by atoms with E-state index in [2.05, 4.69) is 79.7 Å². The normalized spacial score (nSPS) is 9.90. The van der Waals surface area contributed by atoms with Gasteiger partial charge in [0.1, 0.15) is 59.0 Å². The molecule has 0 unspecified atom stereocenters. The summed E-state index contributed by atoms with van der Waals surface area (Å²) in [4.78, 5) is 0. The first-order valence-corrected chi connectivity index (χ1v) is 19.0. The zero-order valence-electron chi connectivity index (χ0n) is 28.4. The van der Waals surface area contributed by atoms with E-state index >= 15 is 0 Å². The highest BCUT2D eigenvalue weighted by Crippen LogP contribution is 2.28. The van der Waals surface area contributed by atoms with Crippen LogP contribution in [-0.2, 0) is 12.8 Å². The Bertz CT molecular complexity index is 1520. The fraction of sp³-hybridized carbons (Fsp3) is 0.314. The maximum Gasteiger partial charge on any atom is 0.150 e. The van der Waals surface area contributed by atoms with Crippen LogP contribution in [0, 0.1) is 24.4 Å². The Labute approximate surface area is 336 Å². The predicted octanol–water partition coefficient (Wildman–Crippen LogP) is 12.8. The molecule has 0 aliphatic rings. The average Bonchev–Trinajstić information content (AvgIpc) is 3.04. The van der Waals surface area contributed by atoms with Crippen LogP contribution in [0.3, 0.4) is 0 Å². The molecule has 0 saturated carbocycles. The molecule has 3 aromatic rings. The minimum atomic E-state index is -0.331. The van der Waals surface area contributed by atoms with Gasteiger partial charge in [0.25, 0.3) is 0 Å². The summed E-state index contributed by atoms with van der Waals surface area (Å²) < 4.78 is 58.8. The number of aryl methyl sites for hydroxylation is 3. The van der Waals surface area contributed by atoms with Gasteiger partial charge in [-0.1, -0.05) is 37.0 Å². The van der Waals surface area contributed by atoms with Gasteiger partial charge in [-0.05, 0) is 137 Å². The number of rotatable bonds is 14. The summed E-state index contributed by atoms with van der Waals surface area (Å²) in [5.74, 6) is 0.595. The zero-order chi connectivity index (χ0) is 37.8. The van der Waals surface area contributed by atoms with Crippen LogP contribution >= 0.6 is 86.9 Å². The topological polar surface area (TPSA) is 63.8 Å². The third-order valence-corrected chi connectivity index (χ3v) is 8.13. The second-order valence-electron chi connectivity index (χ2n) is 9.85. The lowest BCUT2D eigenvalue weighted by molar-refractivity contribution is 0.360. The summed E-state index contributed by atoms with van der Waals surface area (Å²) in [5, 5.41) is 8.50. The third-order valence-electron chi connectivity index (χ3n) is 6.53. The zero-order valence-corrected chi connectivity index (χ0v) is 36.2. The van der Waals surface area contributed by atoms with Crippen molar-refractivity contribution in [2.24, 2.45) is 0 Å². The molecular weight excluding hydrogens is 958 g/mol. The van der Waals surface area contributed by atoms with Gasteiger partial charge in [-0.3, -0.25) is 0 Å². The van der Waals surface area contributed by atoms with Gasteiger partial charge in [0, 0.05) is 39.3 Å². The Morgan fingerprint density at radius 2 is 0.940 bits per heavy atom. The smallest absolute Gasteiger partial charge is 0.150 e. The first kappa shape index (κ1) is 46.0. The van der Waals surface area contributed by atoms with Crippen molar-refractivity contribution in [1.29, 1.82) is 0 Å². The molecule has 0 atom stereocenters. The lowest BCUT2D eigenvalue weighted by Gasteiger charge is -2.11. The largest absolute Gasteiger partial charge is 0.489 e. The van der Waals surface area contributed by atoms with Crippen molar-refractivity contribution >= 4 is 104 Å². The molecule has 15 heteroatoms. The highest BCUT2D eigenvalue weighted by atomic mass is 79.9. The van der Waals surface area contributed by atoms with E-state index < -0.39 is 0 Å². The van der Waals surface area contributed by atoms with E-state index in [1.165, 1.54) is 24.3 Å². The second-order valence-corrected chi connectivity index (χ2v) is 16.4. The summed E-state index contributed by atoms with van der Waals surface area (Å²) in [6.07, 6.45) is 6.56. The van der Waals surface area contributed by atoms with E-state index in [1.807, 2.05) is 26.8 Å². The van der Waals surface area contributed by atoms with Crippen molar-refractivity contribution in [3.63, 3.8) is 0 Å². The summed E-state index contributed by atoms with van der Waals surface area (Å²) in [6.45, 7) is 6.74. The molecule has 3 rings (SSSR count). The number of anilines is 3. The Balaban J connectivity index is 0.000000375. The van der Waals surface area contributed by atoms with E-state index in [0.29, 0.717) is 47.5 Å². The number of halogens is 9. The lowest BCUT2D eigenvalue weighted by atomic mass is 10.1. The quantitative estimate of drug-likeness (QED) is 0.150.